The number of hydrogen-bond donors (Lipinski definition) is 2. The molecule has 1 aromatic heterocycles. The minimum Gasteiger partial charge on any atom is -0.383 e. The van der Waals surface area contributed by atoms with E-state index in [1.807, 2.05) is 6.92 Å². The third-order valence-electron chi connectivity index (χ3n) is 1.70. The van der Waals surface area contributed by atoms with Crippen LogP contribution in [-0.2, 0) is 16.6 Å². The molecule has 6 nitrogen and oxygen atoms in total. The lowest BCUT2D eigenvalue weighted by Crippen LogP contribution is -2.19. The number of aromatic nitrogens is 2. The van der Waals surface area contributed by atoms with Crippen LogP contribution in [0.3, 0.4) is 0 Å². The number of nitrogens with one attached hydrogen (secondary N) is 1. The molecule has 0 spiro atoms. The van der Waals surface area contributed by atoms with Gasteiger partial charge in [-0.25, -0.2) is 17.8 Å². The molecular formula is C6H12N4O2S. The summed E-state index contributed by atoms with van der Waals surface area (Å²) in [6, 6.07) is 0. The van der Waals surface area contributed by atoms with E-state index in [-0.39, 0.29) is 10.7 Å². The van der Waals surface area contributed by atoms with Crippen molar-refractivity contribution in [1.82, 2.24) is 14.5 Å². The maximum atomic E-state index is 11.3. The summed E-state index contributed by atoms with van der Waals surface area (Å²) in [5, 5.41) is 3.82. The summed E-state index contributed by atoms with van der Waals surface area (Å²) in [7, 11) is -2.15. The van der Waals surface area contributed by atoms with Crippen molar-refractivity contribution < 1.29 is 8.42 Å². The highest BCUT2D eigenvalue weighted by molar-refractivity contribution is 7.89. The van der Waals surface area contributed by atoms with Gasteiger partial charge in [-0.15, -0.1) is 0 Å². The zero-order valence-electron chi connectivity index (χ0n) is 7.48. The van der Waals surface area contributed by atoms with Crippen LogP contribution in [0.15, 0.2) is 11.1 Å². The van der Waals surface area contributed by atoms with Crippen LogP contribution in [0.5, 0.6) is 0 Å². The molecule has 0 amide bonds. The quantitative estimate of drug-likeness (QED) is 0.687. The van der Waals surface area contributed by atoms with Gasteiger partial charge in [0.1, 0.15) is 10.7 Å². The first kappa shape index (κ1) is 10.0. The smallest absolute Gasteiger partial charge is 0.245 e. The Morgan fingerprint density at radius 3 is 2.69 bits per heavy atom. The first-order valence-corrected chi connectivity index (χ1v) is 5.26. The molecule has 1 aromatic rings. The number of sulfonamides is 1. The third kappa shape index (κ3) is 1.65. The lowest BCUT2D eigenvalue weighted by molar-refractivity contribution is 0.588. The Labute approximate surface area is 76.8 Å². The van der Waals surface area contributed by atoms with Crippen molar-refractivity contribution in [3.8, 4) is 0 Å². The highest BCUT2D eigenvalue weighted by Gasteiger charge is 2.18. The lowest BCUT2D eigenvalue weighted by Gasteiger charge is -2.01. The molecule has 0 aliphatic carbocycles. The summed E-state index contributed by atoms with van der Waals surface area (Å²) in [5.74, 6) is 0.164. The van der Waals surface area contributed by atoms with Crippen molar-refractivity contribution in [3.63, 3.8) is 0 Å². The van der Waals surface area contributed by atoms with E-state index in [1.54, 1.807) is 0 Å². The van der Waals surface area contributed by atoms with Gasteiger partial charge in [-0.2, -0.15) is 5.10 Å². The van der Waals surface area contributed by atoms with Crippen LogP contribution in [0.25, 0.3) is 0 Å². The number of rotatable bonds is 3. The van der Waals surface area contributed by atoms with Gasteiger partial charge in [-0.3, -0.25) is 0 Å². The molecule has 13 heavy (non-hydrogen) atoms. The van der Waals surface area contributed by atoms with E-state index >= 15 is 0 Å². The Hall–Kier alpha value is -1.08. The minimum atomic E-state index is -3.48. The van der Waals surface area contributed by atoms with Gasteiger partial charge in [0.25, 0.3) is 0 Å². The molecule has 0 radical (unpaired) electrons. The molecule has 7 heteroatoms. The van der Waals surface area contributed by atoms with Gasteiger partial charge in [0.2, 0.25) is 10.0 Å². The summed E-state index contributed by atoms with van der Waals surface area (Å²) in [6.07, 6.45) is 1.24. The number of hydrogen-bond acceptors (Lipinski definition) is 4. The summed E-state index contributed by atoms with van der Waals surface area (Å²) in [6.45, 7) is 2.38. The fourth-order valence-corrected chi connectivity index (χ4v) is 1.73. The molecule has 74 valence electrons. The van der Waals surface area contributed by atoms with Gasteiger partial charge in [0.05, 0.1) is 6.20 Å². The average Bonchev–Trinajstić information content (AvgIpc) is 2.47. The standard InChI is InChI=1S/C6H12N4O2S/c1-3-10-6(7)5(4-9-10)13(11,12)8-2/h4,8H,3,7H2,1-2H3. The zero-order valence-corrected chi connectivity index (χ0v) is 8.30. The van der Waals surface area contributed by atoms with E-state index in [4.69, 9.17) is 5.73 Å². The van der Waals surface area contributed by atoms with Gasteiger partial charge in [0.15, 0.2) is 0 Å². The second kappa shape index (κ2) is 3.35. The normalized spacial score (nSPS) is 11.8. The first-order chi connectivity index (χ1) is 6.03. The van der Waals surface area contributed by atoms with E-state index in [2.05, 4.69) is 9.82 Å². The zero-order chi connectivity index (χ0) is 10.1. The summed E-state index contributed by atoms with van der Waals surface area (Å²) >= 11 is 0. The predicted molar refractivity (Wildman–Crippen MR) is 48.6 cm³/mol. The maximum absolute atomic E-state index is 11.3. The Bertz CT molecular complexity index is 395. The van der Waals surface area contributed by atoms with Gasteiger partial charge in [-0.05, 0) is 14.0 Å². The number of aryl methyl sites for hydroxylation is 1. The molecular weight excluding hydrogens is 192 g/mol. The molecule has 1 rings (SSSR count). The van der Waals surface area contributed by atoms with Crippen molar-refractivity contribution in [2.75, 3.05) is 12.8 Å². The molecule has 0 aliphatic rings. The SMILES string of the molecule is CCn1ncc(S(=O)(=O)NC)c1N. The summed E-state index contributed by atoms with van der Waals surface area (Å²) in [5.41, 5.74) is 5.56. The van der Waals surface area contributed by atoms with Crippen molar-refractivity contribution in [2.45, 2.75) is 18.4 Å². The number of anilines is 1. The second-order valence-corrected chi connectivity index (χ2v) is 4.27. The molecule has 0 fully saturated rings. The lowest BCUT2D eigenvalue weighted by atomic mass is 10.6. The fraction of sp³-hybridized carbons (Fsp3) is 0.500. The van der Waals surface area contributed by atoms with Crippen LogP contribution in [0.1, 0.15) is 6.92 Å². The third-order valence-corrected chi connectivity index (χ3v) is 3.13. The molecule has 1 heterocycles. The Morgan fingerprint density at radius 2 is 2.31 bits per heavy atom. The van der Waals surface area contributed by atoms with Gasteiger partial charge >= 0.3 is 0 Å². The van der Waals surface area contributed by atoms with E-state index in [1.165, 1.54) is 17.9 Å². The Morgan fingerprint density at radius 1 is 1.69 bits per heavy atom. The topological polar surface area (TPSA) is 90.0 Å². The van der Waals surface area contributed by atoms with E-state index < -0.39 is 10.0 Å². The van der Waals surface area contributed by atoms with E-state index in [0.717, 1.165) is 0 Å². The van der Waals surface area contributed by atoms with Crippen LogP contribution in [0, 0.1) is 0 Å². The minimum absolute atomic E-state index is 0.0249. The predicted octanol–water partition coefficient (Wildman–Crippen LogP) is -0.607. The number of nitrogen functional groups attached to an aromatic ring is 1. The molecule has 0 saturated heterocycles. The van der Waals surface area contributed by atoms with Gasteiger partial charge < -0.3 is 5.73 Å². The summed E-state index contributed by atoms with van der Waals surface area (Å²) in [4.78, 5) is 0.0249. The van der Waals surface area contributed by atoms with Crippen LogP contribution < -0.4 is 10.5 Å². The molecule has 0 saturated carbocycles. The van der Waals surface area contributed by atoms with Crippen molar-refractivity contribution >= 4 is 15.8 Å². The monoisotopic (exact) mass is 204 g/mol. The van der Waals surface area contributed by atoms with Gasteiger partial charge in [-0.1, -0.05) is 0 Å². The summed E-state index contributed by atoms with van der Waals surface area (Å²) < 4.78 is 26.2. The fourth-order valence-electron chi connectivity index (χ4n) is 0.947. The van der Waals surface area contributed by atoms with Crippen molar-refractivity contribution in [2.24, 2.45) is 0 Å². The van der Waals surface area contributed by atoms with E-state index in [0.29, 0.717) is 6.54 Å². The van der Waals surface area contributed by atoms with Crippen LogP contribution in [0.4, 0.5) is 5.82 Å². The maximum Gasteiger partial charge on any atom is 0.245 e. The second-order valence-electron chi connectivity index (χ2n) is 2.42. The van der Waals surface area contributed by atoms with Gasteiger partial charge in [0, 0.05) is 6.54 Å². The number of nitrogens with two attached hydrogens (primary N) is 1. The first-order valence-electron chi connectivity index (χ1n) is 3.77. The Kier molecular flexibility index (Phi) is 2.58. The number of nitrogens with zero attached hydrogens (tertiary/aromatic N) is 2. The Balaban J connectivity index is 3.25. The molecule has 3 N–H and O–H groups in total. The van der Waals surface area contributed by atoms with Crippen LogP contribution in [0.2, 0.25) is 0 Å². The molecule has 0 atom stereocenters. The van der Waals surface area contributed by atoms with E-state index in [9.17, 15) is 8.42 Å². The molecule has 0 aliphatic heterocycles. The molecule has 0 bridgehead atoms. The highest BCUT2D eigenvalue weighted by atomic mass is 32.2. The highest BCUT2D eigenvalue weighted by Crippen LogP contribution is 2.16. The van der Waals surface area contributed by atoms with Crippen molar-refractivity contribution in [1.29, 1.82) is 0 Å². The molecule has 0 unspecified atom stereocenters. The molecule has 0 aromatic carbocycles. The van der Waals surface area contributed by atoms with Crippen molar-refractivity contribution in [3.05, 3.63) is 6.20 Å². The average molecular weight is 204 g/mol. The largest absolute Gasteiger partial charge is 0.383 e. The van der Waals surface area contributed by atoms with Crippen LogP contribution in [-0.4, -0.2) is 25.2 Å². The van der Waals surface area contributed by atoms with Crippen LogP contribution >= 0.6 is 0 Å².